The largest absolute Gasteiger partial charge is 0.463 e. The van der Waals surface area contributed by atoms with Crippen molar-refractivity contribution in [1.29, 1.82) is 0 Å². The molecule has 2 fully saturated rings. The monoisotopic (exact) mass is 426 g/mol. The fourth-order valence-electron chi connectivity index (χ4n) is 3.19. The standard InChI is InChI=1S/C17H30O12/c1-7(2)3-10(20)26-5-9-11(21)13(23)14(24)16(27-9)29-17(6-19)15(25)12(22)8(4-18)28-17/h7-9,11-16,18-19,21-25H,3-6H2,1-2H3/t8-,9-,11-,12-,13+,14-,15+,16-,17+/m1/s1. The Bertz CT molecular complexity index is 545. The zero-order valence-electron chi connectivity index (χ0n) is 16.2. The molecule has 0 aromatic heterocycles. The minimum Gasteiger partial charge on any atom is -0.463 e. The lowest BCUT2D eigenvalue weighted by molar-refractivity contribution is -0.383. The van der Waals surface area contributed by atoms with Crippen LogP contribution in [0.4, 0.5) is 0 Å². The van der Waals surface area contributed by atoms with Crippen LogP contribution in [0.1, 0.15) is 20.3 Å². The van der Waals surface area contributed by atoms with E-state index < -0.39 is 80.6 Å². The van der Waals surface area contributed by atoms with Crippen molar-refractivity contribution in [3.8, 4) is 0 Å². The number of rotatable bonds is 8. The smallest absolute Gasteiger partial charge is 0.306 e. The number of hydrogen-bond donors (Lipinski definition) is 7. The van der Waals surface area contributed by atoms with Gasteiger partial charge in [-0.3, -0.25) is 4.79 Å². The molecule has 29 heavy (non-hydrogen) atoms. The van der Waals surface area contributed by atoms with E-state index in [1.807, 2.05) is 13.8 Å². The second-order valence-corrected chi connectivity index (χ2v) is 7.66. The fraction of sp³-hybridized carbons (Fsp3) is 0.941. The minimum atomic E-state index is -2.26. The van der Waals surface area contributed by atoms with E-state index in [-0.39, 0.29) is 12.3 Å². The van der Waals surface area contributed by atoms with Gasteiger partial charge in [-0.05, 0) is 5.92 Å². The summed E-state index contributed by atoms with van der Waals surface area (Å²) in [4.78, 5) is 11.7. The summed E-state index contributed by atoms with van der Waals surface area (Å²) in [5.74, 6) is -2.78. The lowest BCUT2D eigenvalue weighted by atomic mass is 9.99. The molecule has 12 heteroatoms. The Balaban J connectivity index is 2.09. The zero-order chi connectivity index (χ0) is 21.9. The Morgan fingerprint density at radius 2 is 1.66 bits per heavy atom. The van der Waals surface area contributed by atoms with Gasteiger partial charge in [0.15, 0.2) is 6.29 Å². The number of ether oxygens (including phenoxy) is 4. The number of hydrogen-bond acceptors (Lipinski definition) is 12. The summed E-state index contributed by atoms with van der Waals surface area (Å²) >= 11 is 0. The number of carbonyl (C=O) groups excluding carboxylic acids is 1. The molecule has 9 atom stereocenters. The van der Waals surface area contributed by atoms with Crippen LogP contribution < -0.4 is 0 Å². The molecule has 12 nitrogen and oxygen atoms in total. The van der Waals surface area contributed by atoms with Crippen LogP contribution in [0.5, 0.6) is 0 Å². The van der Waals surface area contributed by atoms with Crippen molar-refractivity contribution in [2.24, 2.45) is 5.92 Å². The molecular formula is C17H30O12. The molecule has 0 spiro atoms. The summed E-state index contributed by atoms with van der Waals surface area (Å²) in [7, 11) is 0. The second kappa shape index (κ2) is 9.92. The first-order valence-corrected chi connectivity index (χ1v) is 9.35. The Hall–Kier alpha value is -0.930. The van der Waals surface area contributed by atoms with Gasteiger partial charge in [0.25, 0.3) is 0 Å². The molecule has 0 bridgehead atoms. The minimum absolute atomic E-state index is 0.0412. The van der Waals surface area contributed by atoms with Crippen molar-refractivity contribution in [3.63, 3.8) is 0 Å². The predicted octanol–water partition coefficient (Wildman–Crippen LogP) is -3.80. The van der Waals surface area contributed by atoms with Gasteiger partial charge in [-0.15, -0.1) is 0 Å². The Morgan fingerprint density at radius 1 is 1.00 bits per heavy atom. The molecule has 0 saturated carbocycles. The van der Waals surface area contributed by atoms with E-state index in [1.165, 1.54) is 0 Å². The average Bonchev–Trinajstić information content (AvgIpc) is 2.92. The Labute approximate surface area is 167 Å². The van der Waals surface area contributed by atoms with Gasteiger partial charge in [-0.1, -0.05) is 13.8 Å². The Morgan fingerprint density at radius 3 is 2.17 bits per heavy atom. The zero-order valence-corrected chi connectivity index (χ0v) is 16.2. The highest BCUT2D eigenvalue weighted by atomic mass is 16.8. The number of aliphatic hydroxyl groups is 7. The second-order valence-electron chi connectivity index (χ2n) is 7.66. The molecule has 0 aromatic carbocycles. The predicted molar refractivity (Wildman–Crippen MR) is 92.0 cm³/mol. The van der Waals surface area contributed by atoms with E-state index in [4.69, 9.17) is 18.9 Å². The van der Waals surface area contributed by atoms with Crippen LogP contribution in [0.25, 0.3) is 0 Å². The summed E-state index contributed by atoms with van der Waals surface area (Å²) in [6.07, 6.45) is -12.8. The summed E-state index contributed by atoms with van der Waals surface area (Å²) in [6, 6.07) is 0. The molecule has 2 aliphatic rings. The van der Waals surface area contributed by atoms with Crippen molar-refractivity contribution in [1.82, 2.24) is 0 Å². The maximum absolute atomic E-state index is 11.7. The first-order chi connectivity index (χ1) is 13.6. The van der Waals surface area contributed by atoms with E-state index in [9.17, 15) is 40.5 Å². The molecule has 2 rings (SSSR count). The highest BCUT2D eigenvalue weighted by molar-refractivity contribution is 5.69. The number of esters is 1. The lowest BCUT2D eigenvalue weighted by Crippen LogP contribution is -2.62. The first-order valence-electron chi connectivity index (χ1n) is 9.35. The summed E-state index contributed by atoms with van der Waals surface area (Å²) in [5, 5.41) is 69.3. The quantitative estimate of drug-likeness (QED) is 0.187. The van der Waals surface area contributed by atoms with Crippen LogP contribution in [0, 0.1) is 5.92 Å². The van der Waals surface area contributed by atoms with Crippen molar-refractivity contribution >= 4 is 5.97 Å². The van der Waals surface area contributed by atoms with Crippen molar-refractivity contribution < 1.29 is 59.5 Å². The van der Waals surface area contributed by atoms with E-state index in [0.29, 0.717) is 0 Å². The van der Waals surface area contributed by atoms with Gasteiger partial charge in [0.1, 0.15) is 55.9 Å². The summed E-state index contributed by atoms with van der Waals surface area (Å²) in [6.45, 7) is 1.50. The van der Waals surface area contributed by atoms with E-state index in [2.05, 4.69) is 0 Å². The van der Waals surface area contributed by atoms with Crippen LogP contribution in [-0.2, 0) is 23.7 Å². The third-order valence-corrected chi connectivity index (χ3v) is 4.87. The number of aliphatic hydroxyl groups excluding tert-OH is 7. The normalized spacial score (nSPS) is 43.0. The fourth-order valence-corrected chi connectivity index (χ4v) is 3.19. The van der Waals surface area contributed by atoms with E-state index in [0.717, 1.165) is 0 Å². The molecule has 2 saturated heterocycles. The van der Waals surface area contributed by atoms with Gasteiger partial charge >= 0.3 is 5.97 Å². The molecule has 0 amide bonds. The van der Waals surface area contributed by atoms with Crippen LogP contribution in [-0.4, -0.2) is 116 Å². The van der Waals surface area contributed by atoms with Gasteiger partial charge < -0.3 is 54.7 Å². The maximum Gasteiger partial charge on any atom is 0.306 e. The van der Waals surface area contributed by atoms with Crippen LogP contribution in [0.2, 0.25) is 0 Å². The molecule has 0 unspecified atom stereocenters. The highest BCUT2D eigenvalue weighted by Gasteiger charge is 2.58. The van der Waals surface area contributed by atoms with Gasteiger partial charge in [0.2, 0.25) is 5.79 Å². The first kappa shape index (κ1) is 24.3. The van der Waals surface area contributed by atoms with Crippen LogP contribution >= 0.6 is 0 Å². The van der Waals surface area contributed by atoms with Crippen LogP contribution in [0.3, 0.4) is 0 Å². The summed E-state index contributed by atoms with van der Waals surface area (Å²) < 4.78 is 21.0. The van der Waals surface area contributed by atoms with Crippen molar-refractivity contribution in [2.45, 2.75) is 75.1 Å². The molecular weight excluding hydrogens is 396 g/mol. The van der Waals surface area contributed by atoms with Gasteiger partial charge in [0.05, 0.1) is 6.61 Å². The van der Waals surface area contributed by atoms with Crippen molar-refractivity contribution in [2.75, 3.05) is 19.8 Å². The van der Waals surface area contributed by atoms with Crippen molar-refractivity contribution in [3.05, 3.63) is 0 Å². The SMILES string of the molecule is CC(C)CC(=O)OC[C@H]1O[C@H](O[C@]2(CO)O[C@H](CO)[C@@H](O)[C@@H]2O)[C@H](O)[C@@H](O)[C@@H]1O. The topological polar surface area (TPSA) is 196 Å². The van der Waals surface area contributed by atoms with Gasteiger partial charge in [0, 0.05) is 6.42 Å². The molecule has 2 aliphatic heterocycles. The molecule has 7 N–H and O–H groups in total. The summed E-state index contributed by atoms with van der Waals surface area (Å²) in [5.41, 5.74) is 0. The third-order valence-electron chi connectivity index (χ3n) is 4.87. The van der Waals surface area contributed by atoms with E-state index >= 15 is 0 Å². The molecule has 0 radical (unpaired) electrons. The Kier molecular flexibility index (Phi) is 8.32. The molecule has 2 heterocycles. The maximum atomic E-state index is 11.7. The van der Waals surface area contributed by atoms with Gasteiger partial charge in [-0.25, -0.2) is 0 Å². The van der Waals surface area contributed by atoms with E-state index in [1.54, 1.807) is 0 Å². The third kappa shape index (κ3) is 5.22. The highest BCUT2D eigenvalue weighted by Crippen LogP contribution is 2.36. The molecule has 0 aliphatic carbocycles. The lowest BCUT2D eigenvalue weighted by Gasteiger charge is -2.43. The molecule has 0 aromatic rings. The van der Waals surface area contributed by atoms with Gasteiger partial charge in [-0.2, -0.15) is 0 Å². The van der Waals surface area contributed by atoms with Crippen LogP contribution in [0.15, 0.2) is 0 Å². The average molecular weight is 426 g/mol. The molecule has 170 valence electrons. The number of carbonyl (C=O) groups is 1.